The summed E-state index contributed by atoms with van der Waals surface area (Å²) in [6.45, 7) is 8.34. The summed E-state index contributed by atoms with van der Waals surface area (Å²) in [5, 5.41) is 0. The van der Waals surface area contributed by atoms with Crippen LogP contribution in [0.4, 0.5) is 0 Å². The van der Waals surface area contributed by atoms with Gasteiger partial charge in [0.15, 0.2) is 0 Å². The Labute approximate surface area is 95.1 Å². The molecule has 0 aliphatic heterocycles. The number of hydrogen-bond donors (Lipinski definition) is 0. The zero-order chi connectivity index (χ0) is 10.5. The van der Waals surface area contributed by atoms with Gasteiger partial charge in [-0.05, 0) is 16.9 Å². The monoisotopic (exact) mass is 306 g/mol. The van der Waals surface area contributed by atoms with Gasteiger partial charge in [-0.15, -0.1) is 5.54 Å². The molecule has 0 N–H and O–H groups in total. The van der Waals surface area contributed by atoms with Crippen LogP contribution in [0.5, 0.6) is 0 Å². The molecule has 0 saturated carbocycles. The SMILES string of the molecule is C/C(=C\I)CC(=O)C#C[Si](C)(C)C. The number of carbonyl (C=O) groups excluding carboxylic acids is 1. The molecular weight excluding hydrogens is 291 g/mol. The fraction of sp³-hybridized carbons (Fsp3) is 0.500. The third-order valence-corrected chi connectivity index (χ3v) is 3.14. The molecule has 3 heteroatoms. The Morgan fingerprint density at radius 3 is 2.38 bits per heavy atom. The van der Waals surface area contributed by atoms with Gasteiger partial charge >= 0.3 is 0 Å². The maximum absolute atomic E-state index is 11.3. The first-order valence-electron chi connectivity index (χ1n) is 4.17. The number of ketones is 1. The van der Waals surface area contributed by atoms with E-state index < -0.39 is 8.07 Å². The molecule has 0 radical (unpaired) electrons. The van der Waals surface area contributed by atoms with Gasteiger partial charge < -0.3 is 0 Å². The normalized spacial score (nSPS) is 11.9. The van der Waals surface area contributed by atoms with Gasteiger partial charge in [0.2, 0.25) is 5.78 Å². The van der Waals surface area contributed by atoms with Crippen LogP contribution in [0.3, 0.4) is 0 Å². The summed E-state index contributed by atoms with van der Waals surface area (Å²) in [5.41, 5.74) is 4.14. The highest BCUT2D eigenvalue weighted by molar-refractivity contribution is 14.1. The Hall–Kier alpha value is -0.0831. The van der Waals surface area contributed by atoms with Crippen LogP contribution in [-0.4, -0.2) is 13.9 Å². The minimum Gasteiger partial charge on any atom is -0.285 e. The van der Waals surface area contributed by atoms with Gasteiger partial charge in [0.05, 0.1) is 0 Å². The highest BCUT2D eigenvalue weighted by Crippen LogP contribution is 2.04. The minimum atomic E-state index is -1.38. The topological polar surface area (TPSA) is 17.1 Å². The molecular formula is C10H15IOSi. The summed E-state index contributed by atoms with van der Waals surface area (Å²) in [7, 11) is -1.38. The Morgan fingerprint density at radius 1 is 1.46 bits per heavy atom. The summed E-state index contributed by atoms with van der Waals surface area (Å²) in [5.74, 6) is 2.75. The third-order valence-electron chi connectivity index (χ3n) is 1.20. The Bertz CT molecular complexity index is 276. The maximum atomic E-state index is 11.3. The van der Waals surface area contributed by atoms with Gasteiger partial charge in [-0.3, -0.25) is 4.79 Å². The Balaban J connectivity index is 4.23. The first-order chi connectivity index (χ1) is 5.85. The van der Waals surface area contributed by atoms with E-state index in [1.807, 2.05) is 11.0 Å². The lowest BCUT2D eigenvalue weighted by molar-refractivity contribution is -0.113. The van der Waals surface area contributed by atoms with Crippen molar-refractivity contribution in [2.75, 3.05) is 0 Å². The van der Waals surface area contributed by atoms with Crippen LogP contribution < -0.4 is 0 Å². The average Bonchev–Trinajstić information content (AvgIpc) is 1.99. The molecule has 0 aromatic carbocycles. The predicted molar refractivity (Wildman–Crippen MR) is 68.5 cm³/mol. The molecule has 0 aliphatic carbocycles. The molecule has 0 unspecified atom stereocenters. The van der Waals surface area contributed by atoms with E-state index in [0.29, 0.717) is 6.42 Å². The second-order valence-electron chi connectivity index (χ2n) is 4.06. The molecule has 0 atom stereocenters. The molecule has 13 heavy (non-hydrogen) atoms. The summed E-state index contributed by atoms with van der Waals surface area (Å²) in [6, 6.07) is 0. The van der Waals surface area contributed by atoms with Crippen molar-refractivity contribution < 1.29 is 4.79 Å². The summed E-state index contributed by atoms with van der Waals surface area (Å²) in [6.07, 6.45) is 0.473. The lowest BCUT2D eigenvalue weighted by Gasteiger charge is -2.02. The van der Waals surface area contributed by atoms with Crippen LogP contribution in [0.1, 0.15) is 13.3 Å². The quantitative estimate of drug-likeness (QED) is 0.435. The van der Waals surface area contributed by atoms with Crippen molar-refractivity contribution in [2.24, 2.45) is 0 Å². The predicted octanol–water partition coefficient (Wildman–Crippen LogP) is 3.17. The fourth-order valence-electron chi connectivity index (χ4n) is 0.593. The van der Waals surface area contributed by atoms with Gasteiger partial charge in [-0.2, -0.15) is 0 Å². The number of hydrogen-bond acceptors (Lipinski definition) is 1. The second-order valence-corrected chi connectivity index (χ2v) is 9.43. The number of Topliss-reactive ketones (excluding diaryl/α,β-unsaturated/α-hetero) is 1. The van der Waals surface area contributed by atoms with Gasteiger partial charge in [-0.1, -0.05) is 47.8 Å². The molecule has 0 aliphatic rings. The molecule has 0 saturated heterocycles. The van der Waals surface area contributed by atoms with Crippen LogP contribution >= 0.6 is 22.6 Å². The molecule has 0 aromatic rings. The molecule has 72 valence electrons. The highest BCUT2D eigenvalue weighted by atomic mass is 127. The molecule has 0 spiro atoms. The fourth-order valence-corrected chi connectivity index (χ4v) is 1.33. The number of carbonyl (C=O) groups is 1. The summed E-state index contributed by atoms with van der Waals surface area (Å²) in [4.78, 5) is 11.3. The van der Waals surface area contributed by atoms with E-state index in [9.17, 15) is 4.79 Å². The van der Waals surface area contributed by atoms with E-state index in [0.717, 1.165) is 5.57 Å². The number of rotatable bonds is 2. The highest BCUT2D eigenvalue weighted by Gasteiger charge is 2.08. The van der Waals surface area contributed by atoms with E-state index in [1.165, 1.54) is 0 Å². The van der Waals surface area contributed by atoms with Crippen molar-refractivity contribution in [3.63, 3.8) is 0 Å². The number of allylic oxidation sites excluding steroid dienone is 1. The molecule has 0 fully saturated rings. The molecule has 0 heterocycles. The standard InChI is InChI=1S/C10H15IOSi/c1-9(8-11)7-10(12)5-6-13(2,3)4/h8H,7H2,1-4H3/b9-8+. The molecule has 1 nitrogen and oxygen atoms in total. The Morgan fingerprint density at radius 2 is 2.00 bits per heavy atom. The van der Waals surface area contributed by atoms with Crippen LogP contribution in [0.2, 0.25) is 19.6 Å². The maximum Gasteiger partial charge on any atom is 0.208 e. The van der Waals surface area contributed by atoms with Crippen molar-refractivity contribution in [3.05, 3.63) is 9.66 Å². The largest absolute Gasteiger partial charge is 0.285 e. The van der Waals surface area contributed by atoms with Gasteiger partial charge in [0.1, 0.15) is 8.07 Å². The van der Waals surface area contributed by atoms with Crippen molar-refractivity contribution in [1.82, 2.24) is 0 Å². The average molecular weight is 306 g/mol. The smallest absolute Gasteiger partial charge is 0.208 e. The van der Waals surface area contributed by atoms with Gasteiger partial charge in [0, 0.05) is 6.42 Å². The van der Waals surface area contributed by atoms with Crippen molar-refractivity contribution >= 4 is 36.4 Å². The Kier molecular flexibility index (Phi) is 5.57. The van der Waals surface area contributed by atoms with Crippen LogP contribution in [0.15, 0.2) is 9.66 Å². The van der Waals surface area contributed by atoms with E-state index >= 15 is 0 Å². The summed E-state index contributed by atoms with van der Waals surface area (Å²) >= 11 is 2.14. The third kappa shape index (κ3) is 8.25. The van der Waals surface area contributed by atoms with E-state index in [1.54, 1.807) is 0 Å². The van der Waals surface area contributed by atoms with Crippen LogP contribution in [0.25, 0.3) is 0 Å². The van der Waals surface area contributed by atoms with E-state index in [-0.39, 0.29) is 5.78 Å². The molecule has 0 rings (SSSR count). The van der Waals surface area contributed by atoms with Crippen molar-refractivity contribution in [1.29, 1.82) is 0 Å². The van der Waals surface area contributed by atoms with Crippen molar-refractivity contribution in [3.8, 4) is 11.5 Å². The lowest BCUT2D eigenvalue weighted by Crippen LogP contribution is -2.17. The summed E-state index contributed by atoms with van der Waals surface area (Å²) < 4.78 is 1.92. The van der Waals surface area contributed by atoms with Crippen molar-refractivity contribution in [2.45, 2.75) is 33.0 Å². The second kappa shape index (κ2) is 5.61. The molecule has 0 bridgehead atoms. The minimum absolute atomic E-state index is 0.0350. The number of halogens is 1. The first-order valence-corrected chi connectivity index (χ1v) is 8.91. The zero-order valence-electron chi connectivity index (χ0n) is 8.57. The van der Waals surface area contributed by atoms with Crippen LogP contribution in [-0.2, 0) is 4.79 Å². The molecule has 0 aromatic heterocycles. The lowest BCUT2D eigenvalue weighted by atomic mass is 10.2. The van der Waals surface area contributed by atoms with Gasteiger partial charge in [-0.25, -0.2) is 0 Å². The zero-order valence-corrected chi connectivity index (χ0v) is 11.7. The van der Waals surface area contributed by atoms with E-state index in [4.69, 9.17) is 0 Å². The van der Waals surface area contributed by atoms with E-state index in [2.05, 4.69) is 53.7 Å². The van der Waals surface area contributed by atoms with Crippen LogP contribution in [0, 0.1) is 11.5 Å². The van der Waals surface area contributed by atoms with Gasteiger partial charge in [0.25, 0.3) is 0 Å². The molecule has 0 amide bonds. The first kappa shape index (κ1) is 12.9.